The van der Waals surface area contributed by atoms with Crippen molar-refractivity contribution in [3.63, 3.8) is 0 Å². The van der Waals surface area contributed by atoms with Crippen LogP contribution in [0.15, 0.2) is 85.8 Å². The van der Waals surface area contributed by atoms with Crippen LogP contribution in [0.25, 0.3) is 32.7 Å². The summed E-state index contributed by atoms with van der Waals surface area (Å²) in [5.41, 5.74) is 23.4. The lowest BCUT2D eigenvalue weighted by molar-refractivity contribution is -0.132. The molecule has 3 aliphatic rings. The second-order valence-electron chi connectivity index (χ2n) is 18.6. The SMILES string of the molecule is C=CC(=O)N1CC([C@@H](C)c2ccc(C(N)=O)c3[nH]ccc23)C1.C[C@@H](c1ccc(C(N)=O)c2[nH]ccc12)C1CN(C(=O)OC(C)(C)C)C1.C[C@@H](c1ccc(C(N)=O)c2[nH]ccc12)C1CNC1.Cl. The minimum Gasteiger partial charge on any atom is -0.444 e. The van der Waals surface area contributed by atoms with Crippen molar-refractivity contribution in [2.45, 2.75) is 64.9 Å². The monoisotopic (exact) mass is 919 g/mol. The van der Waals surface area contributed by atoms with E-state index in [-0.39, 0.29) is 36.2 Å². The van der Waals surface area contributed by atoms with Crippen LogP contribution in [0, 0.1) is 17.8 Å². The van der Waals surface area contributed by atoms with Crippen molar-refractivity contribution in [3.8, 4) is 0 Å². The summed E-state index contributed by atoms with van der Waals surface area (Å²) < 4.78 is 5.41. The zero-order valence-corrected chi connectivity index (χ0v) is 39.2. The molecule has 350 valence electrons. The van der Waals surface area contributed by atoms with Gasteiger partial charge in [-0.05, 0) is 117 Å². The number of hydrogen-bond donors (Lipinski definition) is 7. The molecular formula is C50H62ClN9O6. The number of rotatable bonds is 10. The first-order valence-electron chi connectivity index (χ1n) is 22.2. The fourth-order valence-corrected chi connectivity index (χ4v) is 9.21. The molecular weight excluding hydrogens is 858 g/mol. The number of carbonyl (C=O) groups excluding carboxylic acids is 5. The molecule has 6 heterocycles. The number of aromatic amines is 3. The topological polar surface area (TPSA) is 239 Å². The second kappa shape index (κ2) is 19.9. The summed E-state index contributed by atoms with van der Waals surface area (Å²) in [5, 5.41) is 6.46. The largest absolute Gasteiger partial charge is 0.444 e. The molecule has 3 aromatic carbocycles. The lowest BCUT2D eigenvalue weighted by atomic mass is 9.80. The maximum absolute atomic E-state index is 12.1. The van der Waals surface area contributed by atoms with Crippen LogP contribution in [0.2, 0.25) is 0 Å². The number of fused-ring (bicyclic) bond motifs is 3. The molecule has 0 saturated carbocycles. The quantitative estimate of drug-likeness (QED) is 0.0694. The van der Waals surface area contributed by atoms with E-state index in [2.05, 4.69) is 47.6 Å². The molecule has 16 heteroatoms. The van der Waals surface area contributed by atoms with Gasteiger partial charge in [0.1, 0.15) is 5.60 Å². The van der Waals surface area contributed by atoms with E-state index >= 15 is 0 Å². The van der Waals surface area contributed by atoms with Gasteiger partial charge in [-0.25, -0.2) is 4.79 Å². The molecule has 0 unspecified atom stereocenters. The Labute approximate surface area is 390 Å². The van der Waals surface area contributed by atoms with Crippen LogP contribution in [-0.4, -0.2) is 99.3 Å². The number of aromatic nitrogens is 3. The molecule has 9 rings (SSSR count). The summed E-state index contributed by atoms with van der Waals surface area (Å²) >= 11 is 0. The highest BCUT2D eigenvalue weighted by Gasteiger charge is 2.38. The van der Waals surface area contributed by atoms with Gasteiger partial charge in [0, 0.05) is 72.8 Å². The van der Waals surface area contributed by atoms with Gasteiger partial charge in [-0.15, -0.1) is 12.4 Å². The minimum atomic E-state index is -0.477. The number of nitrogens with one attached hydrogen (secondary N) is 4. The van der Waals surface area contributed by atoms with E-state index in [9.17, 15) is 24.0 Å². The van der Waals surface area contributed by atoms with Crippen molar-refractivity contribution in [3.05, 3.63) is 119 Å². The summed E-state index contributed by atoms with van der Waals surface area (Å²) in [4.78, 5) is 70.9. The van der Waals surface area contributed by atoms with E-state index in [4.69, 9.17) is 21.9 Å². The van der Waals surface area contributed by atoms with Crippen molar-refractivity contribution in [2.75, 3.05) is 39.3 Å². The number of ether oxygens (including phenoxy) is 1. The predicted molar refractivity (Wildman–Crippen MR) is 261 cm³/mol. The zero-order valence-electron chi connectivity index (χ0n) is 38.4. The first-order chi connectivity index (χ1) is 30.9. The molecule has 3 atom stereocenters. The molecule has 0 bridgehead atoms. The average Bonchev–Trinajstić information content (AvgIpc) is 3.99. The van der Waals surface area contributed by atoms with Gasteiger partial charge < -0.3 is 52.0 Å². The van der Waals surface area contributed by atoms with Gasteiger partial charge in [0.25, 0.3) is 17.7 Å². The van der Waals surface area contributed by atoms with E-state index in [1.807, 2.05) is 81.8 Å². The molecule has 3 saturated heterocycles. The lowest BCUT2D eigenvalue weighted by Gasteiger charge is -2.43. The standard InChI is InChI=1S/C19H25N3O3.C17H19N3O2.C14H17N3O.ClH/c1-11(12-9-22(10-12)18(24)25-19(2,3)4)13-5-6-15(17(20)23)16-14(13)7-8-21-16;1-3-15(21)20-8-11(9-20)10(2)12-4-5-14(17(18)22)16-13(12)6-7-19-16;1-8(9-6-16-7-9)10-2-3-12(14(15)18)13-11(10)4-5-17-13;/h5-8,11-12,21H,9-10H2,1-4H3,(H2,20,23);3-7,10-11,19H,1,8-9H2,2H3,(H2,18,22);2-5,8-9,16-17H,6-7H2,1H3,(H2,15,18);1H/t11-;10-;8-;/m111./s1. The number of carbonyl (C=O) groups is 5. The van der Waals surface area contributed by atoms with Crippen LogP contribution in [0.4, 0.5) is 4.79 Å². The lowest BCUT2D eigenvalue weighted by Crippen LogP contribution is -2.53. The van der Waals surface area contributed by atoms with Crippen molar-refractivity contribution in [2.24, 2.45) is 35.0 Å². The zero-order chi connectivity index (χ0) is 46.9. The van der Waals surface area contributed by atoms with Gasteiger partial charge >= 0.3 is 6.09 Å². The Morgan fingerprint density at radius 3 is 1.26 bits per heavy atom. The Morgan fingerprint density at radius 2 is 0.955 bits per heavy atom. The molecule has 15 nitrogen and oxygen atoms in total. The first kappa shape index (κ1) is 48.9. The third-order valence-electron chi connectivity index (χ3n) is 13.4. The number of H-pyrrole nitrogens is 3. The summed E-state index contributed by atoms with van der Waals surface area (Å²) in [6, 6.07) is 17.3. The fraction of sp³-hybridized carbons (Fsp3) is 0.380. The molecule has 0 spiro atoms. The normalized spacial score (nSPS) is 16.5. The number of hydrogen-bond acceptors (Lipinski definition) is 7. The third kappa shape index (κ3) is 9.97. The van der Waals surface area contributed by atoms with Gasteiger partial charge in [-0.1, -0.05) is 45.5 Å². The average molecular weight is 921 g/mol. The van der Waals surface area contributed by atoms with Crippen LogP contribution in [0.1, 0.15) is 107 Å². The minimum absolute atomic E-state index is 0. The van der Waals surface area contributed by atoms with Crippen molar-refractivity contribution in [1.29, 1.82) is 0 Å². The van der Waals surface area contributed by atoms with Gasteiger partial charge in [-0.2, -0.15) is 0 Å². The number of primary amides is 3. The van der Waals surface area contributed by atoms with E-state index < -0.39 is 17.4 Å². The summed E-state index contributed by atoms with van der Waals surface area (Å²) in [5.74, 6) is 1.25. The van der Waals surface area contributed by atoms with Gasteiger partial charge in [-0.3, -0.25) is 19.2 Å². The van der Waals surface area contributed by atoms with Crippen molar-refractivity contribution >= 4 is 74.8 Å². The van der Waals surface area contributed by atoms with Crippen molar-refractivity contribution < 1.29 is 28.7 Å². The van der Waals surface area contributed by atoms with Gasteiger partial charge in [0.15, 0.2) is 0 Å². The summed E-state index contributed by atoms with van der Waals surface area (Å²) in [7, 11) is 0. The third-order valence-corrected chi connectivity index (χ3v) is 13.4. The Bertz CT molecular complexity index is 2770. The van der Waals surface area contributed by atoms with Crippen molar-refractivity contribution in [1.82, 2.24) is 30.1 Å². The smallest absolute Gasteiger partial charge is 0.410 e. The molecule has 3 aliphatic heterocycles. The number of benzene rings is 3. The summed E-state index contributed by atoms with van der Waals surface area (Å²) in [6.07, 6.45) is 6.61. The highest BCUT2D eigenvalue weighted by Crippen LogP contribution is 2.38. The van der Waals surface area contributed by atoms with E-state index in [0.29, 0.717) is 59.4 Å². The van der Waals surface area contributed by atoms with E-state index in [1.54, 1.807) is 21.9 Å². The maximum Gasteiger partial charge on any atom is 0.410 e. The Hall–Kier alpha value is -6.58. The number of amides is 5. The van der Waals surface area contributed by atoms with E-state index in [1.165, 1.54) is 17.2 Å². The van der Waals surface area contributed by atoms with Gasteiger partial charge in [0.05, 0.1) is 33.2 Å². The first-order valence-corrected chi connectivity index (χ1v) is 22.2. The highest BCUT2D eigenvalue weighted by atomic mass is 35.5. The number of nitrogens with two attached hydrogens (primary N) is 3. The predicted octanol–water partition coefficient (Wildman–Crippen LogP) is 7.26. The molecule has 0 aliphatic carbocycles. The highest BCUT2D eigenvalue weighted by molar-refractivity contribution is 6.07. The molecule has 10 N–H and O–H groups in total. The van der Waals surface area contributed by atoms with Crippen LogP contribution in [0.3, 0.4) is 0 Å². The Morgan fingerprint density at radius 1 is 0.606 bits per heavy atom. The number of halogens is 1. The molecule has 3 fully saturated rings. The van der Waals surface area contributed by atoms with Crippen LogP contribution >= 0.6 is 12.4 Å². The van der Waals surface area contributed by atoms with Crippen LogP contribution in [-0.2, 0) is 9.53 Å². The van der Waals surface area contributed by atoms with Crippen LogP contribution < -0.4 is 22.5 Å². The molecule has 3 aromatic heterocycles. The molecule has 6 aromatic rings. The summed E-state index contributed by atoms with van der Waals surface area (Å²) in [6.45, 7) is 20.7. The van der Waals surface area contributed by atoms with E-state index in [0.717, 1.165) is 64.5 Å². The molecule has 66 heavy (non-hydrogen) atoms. The van der Waals surface area contributed by atoms with Crippen LogP contribution in [0.5, 0.6) is 0 Å². The fourth-order valence-electron chi connectivity index (χ4n) is 9.21. The maximum atomic E-state index is 12.1. The molecule has 0 radical (unpaired) electrons. The Balaban J connectivity index is 0.000000164. The Kier molecular flexibility index (Phi) is 14.7. The second-order valence-corrected chi connectivity index (χ2v) is 18.6. The number of nitrogens with zero attached hydrogens (tertiary/aromatic N) is 2. The molecule has 5 amide bonds. The van der Waals surface area contributed by atoms with Gasteiger partial charge in [0.2, 0.25) is 5.91 Å². The number of likely N-dealkylation sites (tertiary alicyclic amines) is 2.